The Morgan fingerprint density at radius 1 is 0.432 bits per heavy atom. The Balaban J connectivity index is 1.68. The molecule has 14 nitrogen and oxygen atoms in total. The molecule has 438 valence electrons. The minimum atomic E-state index is -1.70. The smallest absolute Gasteiger partial charge is 0.306 e. The third-order valence-corrected chi connectivity index (χ3v) is 15.0. The standard InChI is InChI=1S/C60H114O14/c1-3-5-7-9-11-13-15-17-19-21-23-24-25-26-27-29-31-33-35-37-39-41-43-52(62)72-49(46-69-44-42-40-38-36-34-32-30-28-22-20-18-16-14-12-10-8-6-4-2)47-70-59-58(68)56(66)54(64)51(74-59)48-71-60-57(67)55(65)53(63)50(45-61)73-60/h18,20,49-51,53-61,63-68H,3-17,19,21-48H2,1-2H3/b20-18-. The van der Waals surface area contributed by atoms with Gasteiger partial charge in [0, 0.05) is 13.0 Å². The molecule has 2 rings (SSSR count). The van der Waals surface area contributed by atoms with E-state index >= 15 is 0 Å². The number of hydrogen-bond donors (Lipinski definition) is 7. The van der Waals surface area contributed by atoms with Crippen molar-refractivity contribution in [3.63, 3.8) is 0 Å². The predicted octanol–water partition coefficient (Wildman–Crippen LogP) is 11.4. The molecule has 0 amide bonds. The SMILES string of the molecule is CCCCCCCC/C=C\CCCCCCCCCCOCC(COC1OC(COC2OC(CO)C(O)C(O)C2O)C(O)C(O)C1O)OC(=O)CCCCCCCCCCCCCCCCCCCCCCCC. The van der Waals surface area contributed by atoms with Crippen LogP contribution in [0.15, 0.2) is 12.2 Å². The highest BCUT2D eigenvalue weighted by Crippen LogP contribution is 2.27. The van der Waals surface area contributed by atoms with Crippen molar-refractivity contribution in [3.8, 4) is 0 Å². The summed E-state index contributed by atoms with van der Waals surface area (Å²) < 4.78 is 34.5. The van der Waals surface area contributed by atoms with Gasteiger partial charge in [-0.1, -0.05) is 231 Å². The Bertz CT molecular complexity index is 1270. The second kappa shape index (κ2) is 47.7. The number of unbranched alkanes of at least 4 members (excludes halogenated alkanes) is 35. The summed E-state index contributed by atoms with van der Waals surface area (Å²) in [5, 5.41) is 72.4. The number of carbonyl (C=O) groups is 1. The van der Waals surface area contributed by atoms with Gasteiger partial charge in [-0.05, 0) is 38.5 Å². The third-order valence-electron chi connectivity index (χ3n) is 15.0. The van der Waals surface area contributed by atoms with Gasteiger partial charge in [-0.2, -0.15) is 0 Å². The van der Waals surface area contributed by atoms with Crippen molar-refractivity contribution in [3.05, 3.63) is 12.2 Å². The lowest BCUT2D eigenvalue weighted by molar-refractivity contribution is -0.332. The molecule has 0 aromatic heterocycles. The van der Waals surface area contributed by atoms with Gasteiger partial charge in [0.2, 0.25) is 0 Å². The van der Waals surface area contributed by atoms with E-state index in [2.05, 4.69) is 26.0 Å². The molecule has 14 heteroatoms. The fraction of sp³-hybridized carbons (Fsp3) is 0.950. The first-order valence-electron chi connectivity index (χ1n) is 30.8. The highest BCUT2D eigenvalue weighted by atomic mass is 16.7. The van der Waals surface area contributed by atoms with E-state index in [1.807, 2.05) is 0 Å². The van der Waals surface area contributed by atoms with Crippen molar-refractivity contribution in [1.29, 1.82) is 0 Å². The molecule has 74 heavy (non-hydrogen) atoms. The number of hydrogen-bond acceptors (Lipinski definition) is 14. The fourth-order valence-corrected chi connectivity index (χ4v) is 10.0. The summed E-state index contributed by atoms with van der Waals surface area (Å²) in [4.78, 5) is 13.1. The molecule has 2 aliphatic heterocycles. The zero-order chi connectivity index (χ0) is 53.7. The lowest BCUT2D eigenvalue weighted by Gasteiger charge is -2.42. The number of carbonyl (C=O) groups excluding carboxylic acids is 1. The summed E-state index contributed by atoms with van der Waals surface area (Å²) in [6.45, 7) is 3.74. The van der Waals surface area contributed by atoms with Crippen LogP contribution in [0, 0.1) is 0 Å². The minimum absolute atomic E-state index is 0.0656. The van der Waals surface area contributed by atoms with Crippen LogP contribution in [0.5, 0.6) is 0 Å². The van der Waals surface area contributed by atoms with Crippen molar-refractivity contribution in [1.82, 2.24) is 0 Å². The van der Waals surface area contributed by atoms with Crippen LogP contribution in [0.4, 0.5) is 0 Å². The van der Waals surface area contributed by atoms with E-state index in [4.69, 9.17) is 28.4 Å². The lowest BCUT2D eigenvalue weighted by atomic mass is 9.98. The summed E-state index contributed by atoms with van der Waals surface area (Å²) in [7, 11) is 0. The van der Waals surface area contributed by atoms with Crippen LogP contribution in [0.3, 0.4) is 0 Å². The Kier molecular flexibility index (Phi) is 44.4. The molecule has 2 heterocycles. The second-order valence-corrected chi connectivity index (χ2v) is 21.9. The van der Waals surface area contributed by atoms with Gasteiger partial charge >= 0.3 is 5.97 Å². The highest BCUT2D eigenvalue weighted by Gasteiger charge is 2.47. The van der Waals surface area contributed by atoms with Crippen molar-refractivity contribution in [2.45, 2.75) is 332 Å². The number of rotatable bonds is 51. The normalized spacial score (nSPS) is 24.8. The van der Waals surface area contributed by atoms with Gasteiger partial charge in [-0.25, -0.2) is 0 Å². The monoisotopic (exact) mass is 1060 g/mol. The molecule has 2 fully saturated rings. The molecule has 11 unspecified atom stereocenters. The van der Waals surface area contributed by atoms with E-state index in [1.165, 1.54) is 199 Å². The summed E-state index contributed by atoms with van der Waals surface area (Å²) in [5.41, 5.74) is 0. The van der Waals surface area contributed by atoms with E-state index in [9.17, 15) is 40.5 Å². The van der Waals surface area contributed by atoms with Gasteiger partial charge in [0.05, 0.1) is 26.4 Å². The largest absolute Gasteiger partial charge is 0.457 e. The first-order chi connectivity index (χ1) is 36.1. The predicted molar refractivity (Wildman–Crippen MR) is 294 cm³/mol. The molecule has 2 saturated heterocycles. The van der Waals surface area contributed by atoms with Crippen LogP contribution in [0.25, 0.3) is 0 Å². The molecule has 7 N–H and O–H groups in total. The van der Waals surface area contributed by atoms with Crippen LogP contribution in [0.1, 0.15) is 264 Å². The van der Waals surface area contributed by atoms with Crippen molar-refractivity contribution in [2.75, 3.05) is 33.0 Å². The molecule has 0 aromatic carbocycles. The van der Waals surface area contributed by atoms with Crippen molar-refractivity contribution < 1.29 is 69.0 Å². The van der Waals surface area contributed by atoms with E-state index < -0.39 is 80.7 Å². The van der Waals surface area contributed by atoms with E-state index in [0.29, 0.717) is 13.0 Å². The number of aliphatic hydroxyl groups excluding tert-OH is 7. The summed E-state index contributed by atoms with van der Waals surface area (Å²) in [6, 6.07) is 0. The Morgan fingerprint density at radius 3 is 1.23 bits per heavy atom. The lowest BCUT2D eigenvalue weighted by Crippen LogP contribution is -2.61. The minimum Gasteiger partial charge on any atom is -0.457 e. The molecule has 2 aliphatic rings. The van der Waals surface area contributed by atoms with Crippen LogP contribution in [0.2, 0.25) is 0 Å². The number of esters is 1. The molecule has 0 radical (unpaired) electrons. The van der Waals surface area contributed by atoms with E-state index in [-0.39, 0.29) is 25.6 Å². The van der Waals surface area contributed by atoms with Crippen molar-refractivity contribution in [2.24, 2.45) is 0 Å². The van der Waals surface area contributed by atoms with Crippen molar-refractivity contribution >= 4 is 5.97 Å². The zero-order valence-corrected chi connectivity index (χ0v) is 47.1. The molecule has 0 spiro atoms. The van der Waals surface area contributed by atoms with Gasteiger partial charge in [0.1, 0.15) is 54.9 Å². The molecule has 0 saturated carbocycles. The van der Waals surface area contributed by atoms with Crippen LogP contribution in [-0.4, -0.2) is 142 Å². The fourth-order valence-electron chi connectivity index (χ4n) is 10.0. The third kappa shape index (κ3) is 33.9. The summed E-state index contributed by atoms with van der Waals surface area (Å²) >= 11 is 0. The quantitative estimate of drug-likeness (QED) is 0.0172. The van der Waals surface area contributed by atoms with Gasteiger partial charge in [0.25, 0.3) is 0 Å². The number of allylic oxidation sites excluding steroid dienone is 2. The zero-order valence-electron chi connectivity index (χ0n) is 47.1. The van der Waals surface area contributed by atoms with Gasteiger partial charge in [0.15, 0.2) is 12.6 Å². The van der Waals surface area contributed by atoms with E-state index in [0.717, 1.165) is 38.5 Å². The average Bonchev–Trinajstić information content (AvgIpc) is 3.40. The number of ether oxygens (including phenoxy) is 6. The molecule has 0 aromatic rings. The molecular formula is C60H114O14. The maximum Gasteiger partial charge on any atom is 0.306 e. The van der Waals surface area contributed by atoms with Crippen LogP contribution in [-0.2, 0) is 33.2 Å². The summed E-state index contributed by atoms with van der Waals surface area (Å²) in [6.07, 6.45) is 37.0. The van der Waals surface area contributed by atoms with E-state index in [1.54, 1.807) is 0 Å². The molecule has 11 atom stereocenters. The van der Waals surface area contributed by atoms with Gasteiger partial charge in [-0.3, -0.25) is 4.79 Å². The Morgan fingerprint density at radius 2 is 0.797 bits per heavy atom. The summed E-state index contributed by atoms with van der Waals surface area (Å²) in [5.74, 6) is -0.370. The maximum absolute atomic E-state index is 13.1. The topological polar surface area (TPSA) is 214 Å². The molecule has 0 aliphatic carbocycles. The Hall–Kier alpha value is -1.27. The average molecular weight is 1060 g/mol. The number of aliphatic hydroxyl groups is 7. The second-order valence-electron chi connectivity index (χ2n) is 21.9. The first-order valence-corrected chi connectivity index (χ1v) is 30.8. The highest BCUT2D eigenvalue weighted by molar-refractivity contribution is 5.69. The Labute approximate surface area is 450 Å². The molecular weight excluding hydrogens is 945 g/mol. The maximum atomic E-state index is 13.1. The van der Waals surface area contributed by atoms with Gasteiger partial charge in [-0.15, -0.1) is 0 Å². The first kappa shape index (κ1) is 68.8. The van der Waals surface area contributed by atoms with Gasteiger partial charge < -0.3 is 64.2 Å². The van der Waals surface area contributed by atoms with Crippen LogP contribution < -0.4 is 0 Å². The molecule has 0 bridgehead atoms. The van der Waals surface area contributed by atoms with Crippen LogP contribution >= 0.6 is 0 Å².